The van der Waals surface area contributed by atoms with Crippen LogP contribution in [0.5, 0.6) is 5.75 Å². The highest BCUT2D eigenvalue weighted by Gasteiger charge is 2.15. The average molecular weight is 246 g/mol. The van der Waals surface area contributed by atoms with E-state index in [9.17, 15) is 4.79 Å². The van der Waals surface area contributed by atoms with E-state index in [4.69, 9.17) is 4.74 Å². The molecule has 0 saturated carbocycles. The lowest BCUT2D eigenvalue weighted by Gasteiger charge is -2.13. The summed E-state index contributed by atoms with van der Waals surface area (Å²) in [5.74, 6) is 0.683. The molecule has 2 N–H and O–H groups in total. The maximum atomic E-state index is 11.8. The van der Waals surface area contributed by atoms with Crippen molar-refractivity contribution >= 4 is 11.9 Å². The summed E-state index contributed by atoms with van der Waals surface area (Å²) >= 11 is 0. The van der Waals surface area contributed by atoms with Crippen molar-refractivity contribution in [3.63, 3.8) is 0 Å². The third-order valence-electron chi connectivity index (χ3n) is 2.33. The second-order valence-corrected chi connectivity index (χ2v) is 3.90. The average Bonchev–Trinajstić information content (AvgIpc) is 2.81. The zero-order chi connectivity index (χ0) is 13.0. The Morgan fingerprint density at radius 3 is 3.00 bits per heavy atom. The lowest BCUT2D eigenvalue weighted by atomic mass is 10.2. The fourth-order valence-corrected chi connectivity index (χ4v) is 1.43. The van der Waals surface area contributed by atoms with E-state index in [1.165, 1.54) is 6.33 Å². The van der Waals surface area contributed by atoms with Gasteiger partial charge in [-0.05, 0) is 31.5 Å². The van der Waals surface area contributed by atoms with Crippen LogP contribution in [0.25, 0.3) is 0 Å². The van der Waals surface area contributed by atoms with Crippen LogP contribution < -0.4 is 10.1 Å². The summed E-state index contributed by atoms with van der Waals surface area (Å²) in [5, 5.41) is 8.75. The quantitative estimate of drug-likeness (QED) is 0.857. The molecule has 6 nitrogen and oxygen atoms in total. The molecule has 0 unspecified atom stereocenters. The minimum Gasteiger partial charge on any atom is -0.481 e. The van der Waals surface area contributed by atoms with Gasteiger partial charge in [0.1, 0.15) is 12.1 Å². The van der Waals surface area contributed by atoms with Gasteiger partial charge in [0.2, 0.25) is 5.95 Å². The first-order valence-electron chi connectivity index (χ1n) is 5.54. The van der Waals surface area contributed by atoms with Crippen LogP contribution in [-0.4, -0.2) is 27.2 Å². The lowest BCUT2D eigenvalue weighted by molar-refractivity contribution is -0.122. The van der Waals surface area contributed by atoms with E-state index < -0.39 is 6.10 Å². The predicted molar refractivity (Wildman–Crippen MR) is 66.3 cm³/mol. The second kappa shape index (κ2) is 5.31. The van der Waals surface area contributed by atoms with E-state index in [1.54, 1.807) is 6.92 Å². The van der Waals surface area contributed by atoms with Crippen molar-refractivity contribution in [1.82, 2.24) is 15.2 Å². The van der Waals surface area contributed by atoms with Crippen LogP contribution >= 0.6 is 0 Å². The molecule has 0 fully saturated rings. The van der Waals surface area contributed by atoms with Crippen LogP contribution in [0.1, 0.15) is 12.5 Å². The SMILES string of the molecule is Cc1cccc(O[C@H](C)C(=O)Nc2ncn[nH]2)c1. The van der Waals surface area contributed by atoms with E-state index in [1.807, 2.05) is 31.2 Å². The topological polar surface area (TPSA) is 79.9 Å². The number of H-pyrrole nitrogens is 1. The van der Waals surface area contributed by atoms with Crippen molar-refractivity contribution in [3.05, 3.63) is 36.2 Å². The molecule has 0 radical (unpaired) electrons. The summed E-state index contributed by atoms with van der Waals surface area (Å²) in [7, 11) is 0. The number of hydrogen-bond donors (Lipinski definition) is 2. The van der Waals surface area contributed by atoms with Gasteiger partial charge in [0.05, 0.1) is 0 Å². The van der Waals surface area contributed by atoms with Gasteiger partial charge in [-0.25, -0.2) is 5.10 Å². The number of nitrogens with zero attached hydrogens (tertiary/aromatic N) is 2. The molecule has 6 heteroatoms. The van der Waals surface area contributed by atoms with Crippen LogP contribution in [-0.2, 0) is 4.79 Å². The van der Waals surface area contributed by atoms with Crippen molar-refractivity contribution < 1.29 is 9.53 Å². The first-order chi connectivity index (χ1) is 8.65. The number of amides is 1. The molecule has 1 amide bonds. The Morgan fingerprint density at radius 2 is 2.33 bits per heavy atom. The second-order valence-electron chi connectivity index (χ2n) is 3.90. The molecule has 1 atom stereocenters. The molecule has 1 aromatic carbocycles. The predicted octanol–water partition coefficient (Wildman–Crippen LogP) is 1.52. The number of benzene rings is 1. The molecule has 0 bridgehead atoms. The summed E-state index contributed by atoms with van der Waals surface area (Å²) in [4.78, 5) is 15.6. The number of aromatic amines is 1. The molecule has 0 spiro atoms. The van der Waals surface area contributed by atoms with Crippen LogP contribution in [0.3, 0.4) is 0 Å². The van der Waals surface area contributed by atoms with Crippen LogP contribution in [0.2, 0.25) is 0 Å². The van der Waals surface area contributed by atoms with Crippen molar-refractivity contribution in [2.24, 2.45) is 0 Å². The van der Waals surface area contributed by atoms with Crippen molar-refractivity contribution in [3.8, 4) is 5.75 Å². The summed E-state index contributed by atoms with van der Waals surface area (Å²) in [6.45, 7) is 3.64. The molecule has 1 aromatic heterocycles. The molecule has 94 valence electrons. The number of rotatable bonds is 4. The Hall–Kier alpha value is -2.37. The Morgan fingerprint density at radius 1 is 1.50 bits per heavy atom. The maximum absolute atomic E-state index is 11.8. The Balaban J connectivity index is 1.95. The van der Waals surface area contributed by atoms with Crippen LogP contribution in [0.15, 0.2) is 30.6 Å². The number of hydrogen-bond acceptors (Lipinski definition) is 4. The Bertz CT molecular complexity index is 525. The summed E-state index contributed by atoms with van der Waals surface area (Å²) in [6.07, 6.45) is 0.707. The van der Waals surface area contributed by atoms with Gasteiger partial charge in [0, 0.05) is 0 Å². The molecule has 0 aliphatic rings. The molecular weight excluding hydrogens is 232 g/mol. The number of carbonyl (C=O) groups excluding carboxylic acids is 1. The molecule has 18 heavy (non-hydrogen) atoms. The third-order valence-corrected chi connectivity index (χ3v) is 2.33. The van der Waals surface area contributed by atoms with Gasteiger partial charge < -0.3 is 4.74 Å². The third kappa shape index (κ3) is 3.07. The first-order valence-corrected chi connectivity index (χ1v) is 5.54. The van der Waals surface area contributed by atoms with Gasteiger partial charge in [0.15, 0.2) is 6.10 Å². The van der Waals surface area contributed by atoms with E-state index in [-0.39, 0.29) is 5.91 Å². The Kier molecular flexibility index (Phi) is 3.57. The van der Waals surface area contributed by atoms with Crippen molar-refractivity contribution in [2.75, 3.05) is 5.32 Å². The van der Waals surface area contributed by atoms with Gasteiger partial charge in [-0.2, -0.15) is 10.1 Å². The zero-order valence-electron chi connectivity index (χ0n) is 10.2. The summed E-state index contributed by atoms with van der Waals surface area (Å²) < 4.78 is 5.53. The number of ether oxygens (including phenoxy) is 1. The van der Waals surface area contributed by atoms with E-state index in [0.717, 1.165) is 5.56 Å². The van der Waals surface area contributed by atoms with Gasteiger partial charge in [-0.15, -0.1) is 0 Å². The van der Waals surface area contributed by atoms with E-state index in [0.29, 0.717) is 11.7 Å². The van der Waals surface area contributed by atoms with Gasteiger partial charge in [-0.3, -0.25) is 10.1 Å². The summed E-state index contributed by atoms with van der Waals surface area (Å²) in [5.41, 5.74) is 1.08. The van der Waals surface area contributed by atoms with E-state index >= 15 is 0 Å². The highest BCUT2D eigenvalue weighted by atomic mass is 16.5. The number of nitrogens with one attached hydrogen (secondary N) is 2. The first kappa shape index (κ1) is 12.1. The molecular formula is C12H14N4O2. The molecule has 0 saturated heterocycles. The molecule has 2 rings (SSSR count). The summed E-state index contributed by atoms with van der Waals surface area (Å²) in [6, 6.07) is 7.53. The Labute approximate surface area is 104 Å². The fourth-order valence-electron chi connectivity index (χ4n) is 1.43. The van der Waals surface area contributed by atoms with Crippen LogP contribution in [0, 0.1) is 6.92 Å². The van der Waals surface area contributed by atoms with Gasteiger partial charge in [-0.1, -0.05) is 12.1 Å². The molecule has 0 aliphatic heterocycles. The number of carbonyl (C=O) groups is 1. The zero-order valence-corrected chi connectivity index (χ0v) is 10.2. The van der Waals surface area contributed by atoms with Crippen molar-refractivity contribution in [2.45, 2.75) is 20.0 Å². The standard InChI is InChI=1S/C12H14N4O2/c1-8-4-3-5-10(6-8)18-9(2)11(17)15-12-13-7-14-16-12/h3-7,9H,1-2H3,(H2,13,14,15,16,17)/t9-/m1/s1. The minimum atomic E-state index is -0.614. The lowest BCUT2D eigenvalue weighted by Crippen LogP contribution is -2.30. The number of anilines is 1. The van der Waals surface area contributed by atoms with Gasteiger partial charge >= 0.3 is 0 Å². The number of aromatic nitrogens is 3. The minimum absolute atomic E-state index is 0.284. The fraction of sp³-hybridized carbons (Fsp3) is 0.250. The highest BCUT2D eigenvalue weighted by molar-refractivity contribution is 5.92. The normalized spacial score (nSPS) is 11.9. The van der Waals surface area contributed by atoms with E-state index in [2.05, 4.69) is 20.5 Å². The monoisotopic (exact) mass is 246 g/mol. The molecule has 2 aromatic rings. The number of aryl methyl sites for hydroxylation is 1. The largest absolute Gasteiger partial charge is 0.481 e. The maximum Gasteiger partial charge on any atom is 0.267 e. The molecule has 0 aliphatic carbocycles. The van der Waals surface area contributed by atoms with Crippen molar-refractivity contribution in [1.29, 1.82) is 0 Å². The molecule has 1 heterocycles. The van der Waals surface area contributed by atoms with Crippen LogP contribution in [0.4, 0.5) is 5.95 Å². The highest BCUT2D eigenvalue weighted by Crippen LogP contribution is 2.14. The van der Waals surface area contributed by atoms with Gasteiger partial charge in [0.25, 0.3) is 5.91 Å². The smallest absolute Gasteiger partial charge is 0.267 e.